The van der Waals surface area contributed by atoms with Crippen molar-refractivity contribution in [2.24, 2.45) is 0 Å². The van der Waals surface area contributed by atoms with E-state index in [1.54, 1.807) is 31.6 Å². The van der Waals surface area contributed by atoms with Crippen LogP contribution in [-0.4, -0.2) is 22.2 Å². The van der Waals surface area contributed by atoms with Crippen molar-refractivity contribution in [1.82, 2.24) is 9.97 Å². The maximum Gasteiger partial charge on any atom is 0.212 e. The topological polar surface area (TPSA) is 55.2 Å². The first-order chi connectivity index (χ1) is 8.19. The van der Waals surface area contributed by atoms with Crippen LogP contribution in [0, 0.1) is 0 Å². The summed E-state index contributed by atoms with van der Waals surface area (Å²) in [6.07, 6.45) is 2.01. The fraction of sp³-hybridized carbons (Fsp3) is 0.333. The summed E-state index contributed by atoms with van der Waals surface area (Å²) in [7, 11) is 1.59. The highest BCUT2D eigenvalue weighted by atomic mass is 32.1. The van der Waals surface area contributed by atoms with Crippen molar-refractivity contribution in [3.63, 3.8) is 0 Å². The molecule has 0 amide bonds. The fourth-order valence-corrected chi connectivity index (χ4v) is 2.32. The normalized spacial score (nSPS) is 12.4. The molecule has 2 aromatic rings. The van der Waals surface area contributed by atoms with E-state index in [0.29, 0.717) is 5.88 Å². The molecule has 0 aliphatic rings. The lowest BCUT2D eigenvalue weighted by Gasteiger charge is -2.00. The predicted molar refractivity (Wildman–Crippen MR) is 66.3 cm³/mol. The van der Waals surface area contributed by atoms with Crippen molar-refractivity contribution in [2.75, 3.05) is 7.11 Å². The number of aliphatic hydroxyl groups is 1. The summed E-state index contributed by atoms with van der Waals surface area (Å²) in [6, 6.07) is 3.80. The molecule has 0 saturated heterocycles. The average Bonchev–Trinajstić information content (AvgIpc) is 2.79. The van der Waals surface area contributed by atoms with Gasteiger partial charge in [0.1, 0.15) is 0 Å². The molecule has 4 nitrogen and oxygen atoms in total. The molecular weight excluding hydrogens is 236 g/mol. The van der Waals surface area contributed by atoms with E-state index in [0.717, 1.165) is 22.7 Å². The lowest BCUT2D eigenvalue weighted by molar-refractivity contribution is 0.195. The van der Waals surface area contributed by atoms with Crippen molar-refractivity contribution in [3.8, 4) is 5.88 Å². The Labute approximate surface area is 104 Å². The van der Waals surface area contributed by atoms with E-state index in [9.17, 15) is 5.11 Å². The Morgan fingerprint density at radius 1 is 1.47 bits per heavy atom. The van der Waals surface area contributed by atoms with Crippen LogP contribution in [0.15, 0.2) is 23.7 Å². The number of ether oxygens (including phenoxy) is 1. The largest absolute Gasteiger partial charge is 0.481 e. The first-order valence-electron chi connectivity index (χ1n) is 5.30. The third-order valence-corrected chi connectivity index (χ3v) is 3.23. The van der Waals surface area contributed by atoms with Gasteiger partial charge in [0.05, 0.1) is 23.9 Å². The van der Waals surface area contributed by atoms with Gasteiger partial charge in [0.15, 0.2) is 0 Å². The van der Waals surface area contributed by atoms with Crippen LogP contribution in [0.25, 0.3) is 0 Å². The quantitative estimate of drug-likeness (QED) is 0.903. The zero-order chi connectivity index (χ0) is 12.3. The molecule has 5 heteroatoms. The number of methoxy groups -OCH3 is 1. The van der Waals surface area contributed by atoms with Crippen LogP contribution in [0.4, 0.5) is 0 Å². The lowest BCUT2D eigenvalue weighted by Crippen LogP contribution is -1.94. The van der Waals surface area contributed by atoms with Crippen LogP contribution >= 0.6 is 11.3 Å². The van der Waals surface area contributed by atoms with Gasteiger partial charge in [-0.1, -0.05) is 6.07 Å². The molecular formula is C12H14N2O2S. The summed E-state index contributed by atoms with van der Waals surface area (Å²) >= 11 is 1.55. The summed E-state index contributed by atoms with van der Waals surface area (Å²) in [5.74, 6) is 0.609. The van der Waals surface area contributed by atoms with Crippen molar-refractivity contribution < 1.29 is 9.84 Å². The van der Waals surface area contributed by atoms with Crippen LogP contribution < -0.4 is 4.74 Å². The molecule has 2 heterocycles. The molecule has 90 valence electrons. The molecule has 0 aliphatic heterocycles. The number of aromatic nitrogens is 2. The monoisotopic (exact) mass is 250 g/mol. The van der Waals surface area contributed by atoms with Gasteiger partial charge in [-0.15, -0.1) is 11.3 Å². The second-order valence-electron chi connectivity index (χ2n) is 3.73. The smallest absolute Gasteiger partial charge is 0.212 e. The van der Waals surface area contributed by atoms with Crippen molar-refractivity contribution in [1.29, 1.82) is 0 Å². The second-order valence-corrected chi connectivity index (χ2v) is 4.67. The SMILES string of the molecule is COc1ccc(Cc2nc(C(C)O)cs2)cn1. The Hall–Kier alpha value is -1.46. The van der Waals surface area contributed by atoms with E-state index < -0.39 is 6.10 Å². The molecule has 17 heavy (non-hydrogen) atoms. The van der Waals surface area contributed by atoms with Crippen LogP contribution in [0.2, 0.25) is 0 Å². The summed E-state index contributed by atoms with van der Waals surface area (Å²) < 4.78 is 5.00. The minimum absolute atomic E-state index is 0.506. The first kappa shape index (κ1) is 12.0. The highest BCUT2D eigenvalue weighted by Crippen LogP contribution is 2.19. The molecule has 1 N–H and O–H groups in total. The van der Waals surface area contributed by atoms with E-state index in [2.05, 4.69) is 9.97 Å². The van der Waals surface area contributed by atoms with E-state index in [1.807, 2.05) is 17.5 Å². The Morgan fingerprint density at radius 3 is 2.82 bits per heavy atom. The van der Waals surface area contributed by atoms with Gasteiger partial charge in [0.25, 0.3) is 0 Å². The predicted octanol–water partition coefficient (Wildman–Crippen LogP) is 2.19. The van der Waals surface area contributed by atoms with E-state index in [1.165, 1.54) is 0 Å². The highest BCUT2D eigenvalue weighted by Gasteiger charge is 2.07. The molecule has 2 aromatic heterocycles. The molecule has 0 saturated carbocycles. The number of hydrogen-bond acceptors (Lipinski definition) is 5. The average molecular weight is 250 g/mol. The van der Waals surface area contributed by atoms with Gasteiger partial charge in [-0.2, -0.15) is 0 Å². The second kappa shape index (κ2) is 5.25. The molecule has 0 fully saturated rings. The summed E-state index contributed by atoms with van der Waals surface area (Å²) in [6.45, 7) is 1.72. The summed E-state index contributed by atoms with van der Waals surface area (Å²) in [5, 5.41) is 12.3. The van der Waals surface area contributed by atoms with Crippen LogP contribution in [-0.2, 0) is 6.42 Å². The van der Waals surface area contributed by atoms with Gasteiger partial charge in [-0.05, 0) is 12.5 Å². The molecule has 2 rings (SSSR count). The molecule has 1 unspecified atom stereocenters. The van der Waals surface area contributed by atoms with Gasteiger partial charge in [0, 0.05) is 24.1 Å². The van der Waals surface area contributed by atoms with Crippen molar-refractivity contribution >= 4 is 11.3 Å². The first-order valence-corrected chi connectivity index (χ1v) is 6.18. The Bertz CT molecular complexity index is 480. The number of aliphatic hydroxyl groups excluding tert-OH is 1. The van der Waals surface area contributed by atoms with Crippen LogP contribution in [0.3, 0.4) is 0 Å². The zero-order valence-corrected chi connectivity index (χ0v) is 10.6. The van der Waals surface area contributed by atoms with Gasteiger partial charge in [0.2, 0.25) is 5.88 Å². The van der Waals surface area contributed by atoms with Crippen molar-refractivity contribution in [2.45, 2.75) is 19.4 Å². The number of nitrogens with zero attached hydrogens (tertiary/aromatic N) is 2. The molecule has 1 atom stereocenters. The lowest BCUT2D eigenvalue weighted by atomic mass is 10.2. The van der Waals surface area contributed by atoms with Crippen LogP contribution in [0.1, 0.15) is 29.3 Å². The van der Waals surface area contributed by atoms with Gasteiger partial charge >= 0.3 is 0 Å². The number of thiazole rings is 1. The van der Waals surface area contributed by atoms with Gasteiger partial charge in [-0.3, -0.25) is 0 Å². The number of rotatable bonds is 4. The van der Waals surface area contributed by atoms with Gasteiger partial charge < -0.3 is 9.84 Å². The van der Waals surface area contributed by atoms with Crippen molar-refractivity contribution in [3.05, 3.63) is 40.0 Å². The highest BCUT2D eigenvalue weighted by molar-refractivity contribution is 7.09. The molecule has 0 bridgehead atoms. The standard InChI is InChI=1S/C12H14N2O2S/c1-8(15)10-7-17-12(14-10)5-9-3-4-11(16-2)13-6-9/h3-4,6-8,15H,5H2,1-2H3. The van der Waals surface area contributed by atoms with Gasteiger partial charge in [-0.25, -0.2) is 9.97 Å². The summed E-state index contributed by atoms with van der Waals surface area (Å²) in [4.78, 5) is 8.50. The molecule has 0 spiro atoms. The Morgan fingerprint density at radius 2 is 2.29 bits per heavy atom. The van der Waals surface area contributed by atoms with E-state index >= 15 is 0 Å². The van der Waals surface area contributed by atoms with Crippen LogP contribution in [0.5, 0.6) is 5.88 Å². The third kappa shape index (κ3) is 3.01. The van der Waals surface area contributed by atoms with E-state index in [4.69, 9.17) is 4.74 Å². The maximum atomic E-state index is 9.39. The Balaban J connectivity index is 2.08. The number of hydrogen-bond donors (Lipinski definition) is 1. The maximum absolute atomic E-state index is 9.39. The number of pyridine rings is 1. The molecule has 0 radical (unpaired) electrons. The van der Waals surface area contributed by atoms with E-state index in [-0.39, 0.29) is 0 Å². The summed E-state index contributed by atoms with van der Waals surface area (Å²) in [5.41, 5.74) is 1.81. The molecule has 0 aromatic carbocycles. The zero-order valence-electron chi connectivity index (χ0n) is 9.75. The minimum Gasteiger partial charge on any atom is -0.481 e. The molecule has 0 aliphatic carbocycles. The minimum atomic E-state index is -0.506. The Kier molecular flexibility index (Phi) is 3.71. The fourth-order valence-electron chi connectivity index (χ4n) is 1.41. The third-order valence-electron chi connectivity index (χ3n) is 2.36.